The van der Waals surface area contributed by atoms with E-state index in [1.165, 1.54) is 31.4 Å². The predicted octanol–water partition coefficient (Wildman–Crippen LogP) is 2.74. The number of carbonyl (C=O) groups excluding carboxylic acids is 3. The van der Waals surface area contributed by atoms with Crippen molar-refractivity contribution in [2.75, 3.05) is 13.7 Å². The number of aryl methyl sites for hydroxylation is 1. The molecule has 1 aliphatic rings. The average Bonchev–Trinajstić information content (AvgIpc) is 3.04. The highest BCUT2D eigenvalue weighted by molar-refractivity contribution is 5.90. The standard InChI is InChI=1S/C21H21NO5/c1-14-3-5-15(6-4-14)12-22-13-17(11-19(22)23)21(25)27-18-9-7-16(8-10-18)20(24)26-2/h3-10,17H,11-13H2,1-2H3/t17-/m0/s1. The fraction of sp³-hybridized carbons (Fsp3) is 0.286. The molecule has 0 N–H and O–H groups in total. The molecule has 6 heteroatoms. The molecule has 0 aliphatic carbocycles. The molecule has 1 aliphatic heterocycles. The van der Waals surface area contributed by atoms with Crippen molar-refractivity contribution in [3.05, 3.63) is 65.2 Å². The molecule has 0 radical (unpaired) electrons. The lowest BCUT2D eigenvalue weighted by Gasteiger charge is -2.16. The van der Waals surface area contributed by atoms with Crippen LogP contribution in [0.3, 0.4) is 0 Å². The quantitative estimate of drug-likeness (QED) is 0.600. The zero-order valence-electron chi connectivity index (χ0n) is 15.3. The largest absolute Gasteiger partial charge is 0.465 e. The third-order valence-corrected chi connectivity index (χ3v) is 4.54. The number of rotatable bonds is 5. The molecule has 27 heavy (non-hydrogen) atoms. The Morgan fingerprint density at radius 3 is 2.37 bits per heavy atom. The number of benzene rings is 2. The maximum Gasteiger partial charge on any atom is 0.337 e. The third-order valence-electron chi connectivity index (χ3n) is 4.54. The summed E-state index contributed by atoms with van der Waals surface area (Å²) in [6.45, 7) is 2.83. The van der Waals surface area contributed by atoms with E-state index in [0.717, 1.165) is 11.1 Å². The molecule has 1 saturated heterocycles. The number of esters is 2. The van der Waals surface area contributed by atoms with Crippen LogP contribution in [0.2, 0.25) is 0 Å². The van der Waals surface area contributed by atoms with Crippen LogP contribution in [0.25, 0.3) is 0 Å². The highest BCUT2D eigenvalue weighted by Crippen LogP contribution is 2.23. The van der Waals surface area contributed by atoms with Gasteiger partial charge in [0.05, 0.1) is 18.6 Å². The number of hydrogen-bond donors (Lipinski definition) is 0. The molecule has 2 aromatic rings. The van der Waals surface area contributed by atoms with Gasteiger partial charge in [-0.05, 0) is 36.8 Å². The van der Waals surface area contributed by atoms with Gasteiger partial charge in [-0.2, -0.15) is 0 Å². The van der Waals surface area contributed by atoms with Gasteiger partial charge in [0.2, 0.25) is 5.91 Å². The number of likely N-dealkylation sites (tertiary alicyclic amines) is 1. The summed E-state index contributed by atoms with van der Waals surface area (Å²) in [6.07, 6.45) is 0.144. The van der Waals surface area contributed by atoms with Gasteiger partial charge in [0, 0.05) is 19.5 Å². The molecular formula is C21H21NO5. The molecule has 2 aromatic carbocycles. The van der Waals surface area contributed by atoms with E-state index in [0.29, 0.717) is 24.4 Å². The van der Waals surface area contributed by atoms with E-state index in [9.17, 15) is 14.4 Å². The molecule has 0 unspecified atom stereocenters. The number of amides is 1. The molecular weight excluding hydrogens is 346 g/mol. The van der Waals surface area contributed by atoms with Crippen molar-refractivity contribution in [2.45, 2.75) is 19.9 Å². The van der Waals surface area contributed by atoms with Crippen LogP contribution in [0.4, 0.5) is 0 Å². The van der Waals surface area contributed by atoms with Gasteiger partial charge >= 0.3 is 11.9 Å². The monoisotopic (exact) mass is 367 g/mol. The Morgan fingerprint density at radius 2 is 1.74 bits per heavy atom. The Morgan fingerprint density at radius 1 is 1.07 bits per heavy atom. The highest BCUT2D eigenvalue weighted by Gasteiger charge is 2.35. The van der Waals surface area contributed by atoms with Crippen molar-refractivity contribution in [2.24, 2.45) is 5.92 Å². The summed E-state index contributed by atoms with van der Waals surface area (Å²) < 4.78 is 9.99. The Bertz CT molecular complexity index is 842. The Hall–Kier alpha value is -3.15. The van der Waals surface area contributed by atoms with E-state index < -0.39 is 17.9 Å². The zero-order chi connectivity index (χ0) is 19.4. The minimum atomic E-state index is -0.497. The van der Waals surface area contributed by atoms with Crippen molar-refractivity contribution < 1.29 is 23.9 Å². The van der Waals surface area contributed by atoms with Gasteiger partial charge in [-0.15, -0.1) is 0 Å². The van der Waals surface area contributed by atoms with Crippen LogP contribution in [-0.4, -0.2) is 36.4 Å². The molecule has 0 bridgehead atoms. The van der Waals surface area contributed by atoms with Crippen LogP contribution in [0.15, 0.2) is 48.5 Å². The maximum absolute atomic E-state index is 12.4. The van der Waals surface area contributed by atoms with Gasteiger partial charge in [-0.1, -0.05) is 29.8 Å². The van der Waals surface area contributed by atoms with Gasteiger partial charge in [0.25, 0.3) is 0 Å². The lowest BCUT2D eigenvalue weighted by atomic mass is 10.1. The van der Waals surface area contributed by atoms with E-state index in [1.807, 2.05) is 31.2 Å². The molecule has 6 nitrogen and oxygen atoms in total. The zero-order valence-corrected chi connectivity index (χ0v) is 15.3. The minimum Gasteiger partial charge on any atom is -0.465 e. The van der Waals surface area contributed by atoms with Crippen LogP contribution in [0.5, 0.6) is 5.75 Å². The van der Waals surface area contributed by atoms with E-state index in [1.54, 1.807) is 4.90 Å². The predicted molar refractivity (Wildman–Crippen MR) is 98.1 cm³/mol. The summed E-state index contributed by atoms with van der Waals surface area (Å²) >= 11 is 0. The normalized spacial score (nSPS) is 16.3. The van der Waals surface area contributed by atoms with Crippen molar-refractivity contribution in [3.8, 4) is 5.75 Å². The lowest BCUT2D eigenvalue weighted by molar-refractivity contribution is -0.139. The Labute approximate surface area is 157 Å². The minimum absolute atomic E-state index is 0.0569. The summed E-state index contributed by atoms with van der Waals surface area (Å²) in [7, 11) is 1.30. The molecule has 0 spiro atoms. The van der Waals surface area contributed by atoms with Crippen LogP contribution >= 0.6 is 0 Å². The first-order valence-electron chi connectivity index (χ1n) is 8.69. The van der Waals surface area contributed by atoms with Crippen molar-refractivity contribution in [1.82, 2.24) is 4.90 Å². The Balaban J connectivity index is 1.58. The van der Waals surface area contributed by atoms with E-state index >= 15 is 0 Å². The fourth-order valence-electron chi connectivity index (χ4n) is 2.97. The van der Waals surface area contributed by atoms with Gasteiger partial charge in [0.1, 0.15) is 5.75 Å². The van der Waals surface area contributed by atoms with Gasteiger partial charge in [-0.3, -0.25) is 9.59 Å². The molecule has 1 heterocycles. The van der Waals surface area contributed by atoms with Crippen molar-refractivity contribution in [1.29, 1.82) is 0 Å². The topological polar surface area (TPSA) is 72.9 Å². The molecule has 0 aromatic heterocycles. The number of carbonyl (C=O) groups is 3. The number of ether oxygens (including phenoxy) is 2. The second kappa shape index (κ2) is 8.03. The van der Waals surface area contributed by atoms with Gasteiger partial charge in [-0.25, -0.2) is 4.79 Å². The SMILES string of the molecule is COC(=O)c1ccc(OC(=O)[C@H]2CC(=O)N(Cc3ccc(C)cc3)C2)cc1. The molecule has 0 saturated carbocycles. The number of nitrogens with zero attached hydrogens (tertiary/aromatic N) is 1. The van der Waals surface area contributed by atoms with Crippen molar-refractivity contribution >= 4 is 17.8 Å². The second-order valence-corrected chi connectivity index (χ2v) is 6.60. The van der Waals surface area contributed by atoms with Crippen LogP contribution < -0.4 is 4.74 Å². The first-order valence-corrected chi connectivity index (χ1v) is 8.69. The highest BCUT2D eigenvalue weighted by atomic mass is 16.5. The number of methoxy groups -OCH3 is 1. The maximum atomic E-state index is 12.4. The lowest BCUT2D eigenvalue weighted by Crippen LogP contribution is -2.27. The molecule has 140 valence electrons. The molecule has 3 rings (SSSR count). The van der Waals surface area contributed by atoms with Crippen LogP contribution in [0.1, 0.15) is 27.9 Å². The summed E-state index contributed by atoms with van der Waals surface area (Å²) in [5.41, 5.74) is 2.56. The first-order chi connectivity index (χ1) is 13.0. The van der Waals surface area contributed by atoms with Crippen LogP contribution in [-0.2, 0) is 20.9 Å². The number of hydrogen-bond acceptors (Lipinski definition) is 5. The summed E-state index contributed by atoms with van der Waals surface area (Å²) in [6, 6.07) is 14.1. The van der Waals surface area contributed by atoms with Crippen molar-refractivity contribution in [3.63, 3.8) is 0 Å². The average molecular weight is 367 g/mol. The summed E-state index contributed by atoms with van der Waals surface area (Å²) in [4.78, 5) is 37.7. The fourth-order valence-corrected chi connectivity index (χ4v) is 2.97. The van der Waals surface area contributed by atoms with E-state index in [-0.39, 0.29) is 12.3 Å². The van der Waals surface area contributed by atoms with Gasteiger partial charge in [0.15, 0.2) is 0 Å². The second-order valence-electron chi connectivity index (χ2n) is 6.60. The van der Waals surface area contributed by atoms with E-state index in [2.05, 4.69) is 4.74 Å². The summed E-state index contributed by atoms with van der Waals surface area (Å²) in [5.74, 6) is -1.12. The molecule has 1 amide bonds. The molecule has 1 fully saturated rings. The first kappa shape index (κ1) is 18.6. The third kappa shape index (κ3) is 4.53. The van der Waals surface area contributed by atoms with Crippen LogP contribution in [0, 0.1) is 12.8 Å². The summed E-state index contributed by atoms with van der Waals surface area (Å²) in [5, 5.41) is 0. The smallest absolute Gasteiger partial charge is 0.337 e. The van der Waals surface area contributed by atoms with Gasteiger partial charge < -0.3 is 14.4 Å². The van der Waals surface area contributed by atoms with E-state index in [4.69, 9.17) is 4.74 Å². The Kier molecular flexibility index (Phi) is 5.54. The molecule has 1 atom stereocenters.